The Balaban J connectivity index is 2.22. The zero-order valence-corrected chi connectivity index (χ0v) is 16.5. The number of carbonyl (C=O) groups excluding carboxylic acids is 2. The highest BCUT2D eigenvalue weighted by Gasteiger charge is 2.25. The molecule has 2 aromatic carbocycles. The van der Waals surface area contributed by atoms with Crippen molar-refractivity contribution in [1.29, 1.82) is 0 Å². The summed E-state index contributed by atoms with van der Waals surface area (Å²) in [5.74, 6) is -0.711. The molecule has 1 amide bonds. The lowest BCUT2D eigenvalue weighted by Gasteiger charge is -2.14. The van der Waals surface area contributed by atoms with Gasteiger partial charge in [-0.05, 0) is 31.2 Å². The summed E-state index contributed by atoms with van der Waals surface area (Å²) in [4.78, 5) is 34.5. The number of azo groups is 1. The van der Waals surface area contributed by atoms with Crippen LogP contribution in [0.25, 0.3) is 0 Å². The van der Waals surface area contributed by atoms with Gasteiger partial charge in [-0.1, -0.05) is 11.6 Å². The van der Waals surface area contributed by atoms with Crippen LogP contribution in [0, 0.1) is 10.1 Å². The minimum Gasteiger partial charge on any atom is -0.493 e. The van der Waals surface area contributed by atoms with Crippen LogP contribution in [0.15, 0.2) is 46.6 Å². The Labute approximate surface area is 170 Å². The Morgan fingerprint density at radius 2 is 1.79 bits per heavy atom. The quantitative estimate of drug-likeness (QED) is 0.297. The van der Waals surface area contributed by atoms with Gasteiger partial charge in [0.2, 0.25) is 6.04 Å². The van der Waals surface area contributed by atoms with Gasteiger partial charge >= 0.3 is 0 Å². The van der Waals surface area contributed by atoms with E-state index in [4.69, 9.17) is 21.1 Å². The van der Waals surface area contributed by atoms with Gasteiger partial charge in [0.25, 0.3) is 11.6 Å². The lowest BCUT2D eigenvalue weighted by molar-refractivity contribution is -0.384. The molecule has 0 spiro atoms. The van der Waals surface area contributed by atoms with E-state index in [1.807, 2.05) is 0 Å². The van der Waals surface area contributed by atoms with Crippen LogP contribution in [0.2, 0.25) is 5.02 Å². The van der Waals surface area contributed by atoms with Crippen molar-refractivity contribution in [2.75, 3.05) is 19.5 Å². The van der Waals surface area contributed by atoms with Crippen molar-refractivity contribution in [2.24, 2.45) is 10.2 Å². The van der Waals surface area contributed by atoms with E-state index in [-0.39, 0.29) is 27.8 Å². The first-order valence-corrected chi connectivity index (χ1v) is 8.53. The molecule has 0 saturated heterocycles. The minimum atomic E-state index is -1.44. The third-order valence-electron chi connectivity index (χ3n) is 3.73. The molecule has 2 aromatic rings. The number of hydrogen-bond acceptors (Lipinski definition) is 8. The zero-order valence-electron chi connectivity index (χ0n) is 15.7. The summed E-state index contributed by atoms with van der Waals surface area (Å²) in [6.07, 6.45) is 0. The number of Topliss-reactive ketones (excluding diaryl/α,β-unsaturated/α-hetero) is 1. The molecule has 11 heteroatoms. The van der Waals surface area contributed by atoms with Gasteiger partial charge in [0, 0.05) is 12.1 Å². The standard InChI is InChI=1S/C18H17ClN4O6/c1-10(24)16(22-21-11-4-6-12(7-5-11)23(26)27)18(25)20-13-8-9-14(28-2)17(29-3)15(13)19/h4-9,16H,1-3H3,(H,20,25). The van der Waals surface area contributed by atoms with Gasteiger partial charge in [0.1, 0.15) is 5.02 Å². The number of benzene rings is 2. The van der Waals surface area contributed by atoms with Crippen molar-refractivity contribution in [2.45, 2.75) is 13.0 Å². The highest BCUT2D eigenvalue weighted by atomic mass is 35.5. The molecule has 0 radical (unpaired) electrons. The van der Waals surface area contributed by atoms with Crippen molar-refractivity contribution >= 4 is 40.4 Å². The maximum Gasteiger partial charge on any atom is 0.269 e. The minimum absolute atomic E-state index is 0.0924. The molecule has 0 saturated carbocycles. The lowest BCUT2D eigenvalue weighted by atomic mass is 10.2. The normalized spacial score (nSPS) is 11.7. The second-order valence-electron chi connectivity index (χ2n) is 5.65. The number of non-ortho nitro benzene ring substituents is 1. The Morgan fingerprint density at radius 3 is 2.31 bits per heavy atom. The Kier molecular flexibility index (Phi) is 7.21. The van der Waals surface area contributed by atoms with Gasteiger partial charge in [-0.15, -0.1) is 0 Å². The molecule has 0 aliphatic rings. The molecule has 1 unspecified atom stereocenters. The van der Waals surface area contributed by atoms with E-state index in [0.717, 1.165) is 0 Å². The molecule has 10 nitrogen and oxygen atoms in total. The number of amides is 1. The van der Waals surface area contributed by atoms with Crippen LogP contribution in [-0.2, 0) is 9.59 Å². The van der Waals surface area contributed by atoms with Crippen LogP contribution in [0.1, 0.15) is 6.92 Å². The van der Waals surface area contributed by atoms with E-state index in [1.54, 1.807) is 6.07 Å². The first kappa shape index (κ1) is 21.8. The molecule has 152 valence electrons. The second kappa shape index (κ2) is 9.60. The number of carbonyl (C=O) groups is 2. The predicted octanol–water partition coefficient (Wildman–Crippen LogP) is 3.95. The molecule has 0 bridgehead atoms. The topological polar surface area (TPSA) is 132 Å². The Bertz CT molecular complexity index is 962. The van der Waals surface area contributed by atoms with Crippen LogP contribution in [0.3, 0.4) is 0 Å². The molecular formula is C18H17ClN4O6. The summed E-state index contributed by atoms with van der Waals surface area (Å²) in [6, 6.07) is 6.77. The fourth-order valence-electron chi connectivity index (χ4n) is 2.27. The van der Waals surface area contributed by atoms with Crippen molar-refractivity contribution in [1.82, 2.24) is 0 Å². The Hall–Kier alpha value is -3.53. The highest BCUT2D eigenvalue weighted by Crippen LogP contribution is 2.40. The number of nitro groups is 1. The molecule has 0 heterocycles. The predicted molar refractivity (Wildman–Crippen MR) is 105 cm³/mol. The SMILES string of the molecule is COc1ccc(NC(=O)C(N=Nc2ccc([N+](=O)[O-])cc2)C(C)=O)c(Cl)c1OC. The molecule has 29 heavy (non-hydrogen) atoms. The van der Waals surface area contributed by atoms with Gasteiger partial charge in [-0.25, -0.2) is 0 Å². The molecule has 0 aliphatic heterocycles. The number of methoxy groups -OCH3 is 2. The number of ether oxygens (including phenoxy) is 2. The van der Waals surface area contributed by atoms with Crippen LogP contribution in [0.5, 0.6) is 11.5 Å². The number of halogens is 1. The van der Waals surface area contributed by atoms with E-state index in [0.29, 0.717) is 5.75 Å². The lowest BCUT2D eigenvalue weighted by Crippen LogP contribution is -2.31. The largest absolute Gasteiger partial charge is 0.493 e. The Morgan fingerprint density at radius 1 is 1.14 bits per heavy atom. The first-order valence-electron chi connectivity index (χ1n) is 8.15. The van der Waals surface area contributed by atoms with Gasteiger partial charge in [0.15, 0.2) is 17.3 Å². The van der Waals surface area contributed by atoms with Crippen LogP contribution in [0.4, 0.5) is 17.1 Å². The van der Waals surface area contributed by atoms with Gasteiger partial charge in [-0.2, -0.15) is 10.2 Å². The monoisotopic (exact) mass is 420 g/mol. The fraction of sp³-hybridized carbons (Fsp3) is 0.222. The average Bonchev–Trinajstić information content (AvgIpc) is 2.69. The molecule has 0 aromatic heterocycles. The molecule has 1 atom stereocenters. The third kappa shape index (κ3) is 5.26. The van der Waals surface area contributed by atoms with Crippen LogP contribution >= 0.6 is 11.6 Å². The molecular weight excluding hydrogens is 404 g/mol. The smallest absolute Gasteiger partial charge is 0.269 e. The molecule has 1 N–H and O–H groups in total. The van der Waals surface area contributed by atoms with Gasteiger partial charge in [-0.3, -0.25) is 19.7 Å². The zero-order chi connectivity index (χ0) is 21.6. The van der Waals surface area contributed by atoms with Gasteiger partial charge < -0.3 is 14.8 Å². The van der Waals surface area contributed by atoms with Crippen LogP contribution in [-0.4, -0.2) is 36.9 Å². The number of anilines is 1. The first-order chi connectivity index (χ1) is 13.8. The van der Waals surface area contributed by atoms with E-state index in [2.05, 4.69) is 15.5 Å². The van der Waals surface area contributed by atoms with Crippen molar-refractivity contribution in [3.63, 3.8) is 0 Å². The van der Waals surface area contributed by atoms with Gasteiger partial charge in [0.05, 0.1) is 30.5 Å². The van der Waals surface area contributed by atoms with Crippen molar-refractivity contribution in [3.8, 4) is 11.5 Å². The fourth-order valence-corrected chi connectivity index (χ4v) is 2.55. The van der Waals surface area contributed by atoms with Crippen LogP contribution < -0.4 is 14.8 Å². The summed E-state index contributed by atoms with van der Waals surface area (Å²) in [5.41, 5.74) is 0.331. The summed E-state index contributed by atoms with van der Waals surface area (Å²) < 4.78 is 10.3. The second-order valence-corrected chi connectivity index (χ2v) is 6.03. The number of nitro benzene ring substituents is 1. The summed E-state index contributed by atoms with van der Waals surface area (Å²) >= 11 is 6.22. The number of nitrogens with one attached hydrogen (secondary N) is 1. The van der Waals surface area contributed by atoms with E-state index < -0.39 is 22.7 Å². The van der Waals surface area contributed by atoms with Crippen molar-refractivity contribution in [3.05, 3.63) is 51.5 Å². The molecule has 2 rings (SSSR count). The average molecular weight is 421 g/mol. The molecule has 0 fully saturated rings. The molecule has 0 aliphatic carbocycles. The van der Waals surface area contributed by atoms with Crippen molar-refractivity contribution < 1.29 is 24.0 Å². The van der Waals surface area contributed by atoms with E-state index >= 15 is 0 Å². The van der Waals surface area contributed by atoms with E-state index in [1.165, 1.54) is 51.5 Å². The summed E-state index contributed by atoms with van der Waals surface area (Å²) in [7, 11) is 2.84. The van der Waals surface area contributed by atoms with E-state index in [9.17, 15) is 19.7 Å². The highest BCUT2D eigenvalue weighted by molar-refractivity contribution is 6.35. The number of hydrogen-bond donors (Lipinski definition) is 1. The number of nitrogens with zero attached hydrogens (tertiary/aromatic N) is 3. The maximum atomic E-state index is 12.5. The number of rotatable bonds is 8. The third-order valence-corrected chi connectivity index (χ3v) is 4.10. The summed E-state index contributed by atoms with van der Waals surface area (Å²) in [5, 5.41) is 20.9. The number of ketones is 1. The maximum absolute atomic E-state index is 12.5. The summed E-state index contributed by atoms with van der Waals surface area (Å²) in [6.45, 7) is 1.19.